The minimum Gasteiger partial charge on any atom is -0.381 e. The average Bonchev–Trinajstić information content (AvgIpc) is 2.80. The quantitative estimate of drug-likeness (QED) is 0.903. The molecule has 0 radical (unpaired) electrons. The Morgan fingerprint density at radius 1 is 1.38 bits per heavy atom. The van der Waals surface area contributed by atoms with E-state index in [4.69, 9.17) is 5.26 Å². The zero-order chi connectivity index (χ0) is 15.4. The SMILES string of the molecule is CNC(=O)c1cccc(NCc2cc(C#N)n(C)c2C)c1. The Morgan fingerprint density at radius 2 is 2.14 bits per heavy atom. The lowest BCUT2D eigenvalue weighted by Crippen LogP contribution is -2.17. The Morgan fingerprint density at radius 3 is 2.76 bits per heavy atom. The monoisotopic (exact) mass is 282 g/mol. The summed E-state index contributed by atoms with van der Waals surface area (Å²) >= 11 is 0. The lowest BCUT2D eigenvalue weighted by Gasteiger charge is -2.08. The molecule has 0 fully saturated rings. The average molecular weight is 282 g/mol. The number of carbonyl (C=O) groups is 1. The third-order valence-electron chi connectivity index (χ3n) is 3.59. The summed E-state index contributed by atoms with van der Waals surface area (Å²) in [6.07, 6.45) is 0. The number of nitrogens with one attached hydrogen (secondary N) is 2. The smallest absolute Gasteiger partial charge is 0.251 e. The molecule has 1 heterocycles. The van der Waals surface area contributed by atoms with E-state index in [2.05, 4.69) is 16.7 Å². The Balaban J connectivity index is 2.14. The van der Waals surface area contributed by atoms with E-state index in [9.17, 15) is 4.79 Å². The van der Waals surface area contributed by atoms with E-state index in [1.807, 2.05) is 42.8 Å². The summed E-state index contributed by atoms with van der Waals surface area (Å²) in [7, 11) is 3.49. The van der Waals surface area contributed by atoms with Crippen LogP contribution in [-0.2, 0) is 13.6 Å². The van der Waals surface area contributed by atoms with Gasteiger partial charge in [-0.25, -0.2) is 0 Å². The molecule has 2 N–H and O–H groups in total. The van der Waals surface area contributed by atoms with Crippen LogP contribution in [0.5, 0.6) is 0 Å². The molecule has 2 rings (SSSR count). The van der Waals surface area contributed by atoms with E-state index in [1.54, 1.807) is 13.1 Å². The van der Waals surface area contributed by atoms with E-state index in [0.29, 0.717) is 17.8 Å². The molecule has 108 valence electrons. The number of nitrogens with zero attached hydrogens (tertiary/aromatic N) is 2. The second-order valence-corrected chi connectivity index (χ2v) is 4.82. The molecule has 0 unspecified atom stereocenters. The molecule has 21 heavy (non-hydrogen) atoms. The predicted molar refractivity (Wildman–Crippen MR) is 82.0 cm³/mol. The Kier molecular flexibility index (Phi) is 4.29. The summed E-state index contributed by atoms with van der Waals surface area (Å²) in [5.74, 6) is -0.110. The van der Waals surface area contributed by atoms with Gasteiger partial charge in [0.1, 0.15) is 11.8 Å². The highest BCUT2D eigenvalue weighted by Gasteiger charge is 2.09. The Bertz CT molecular complexity index is 710. The molecule has 5 heteroatoms. The van der Waals surface area contributed by atoms with Gasteiger partial charge in [0.15, 0.2) is 0 Å². The van der Waals surface area contributed by atoms with Crippen LogP contribution in [0.15, 0.2) is 30.3 Å². The van der Waals surface area contributed by atoms with Gasteiger partial charge in [-0.15, -0.1) is 0 Å². The molecule has 0 aliphatic carbocycles. The van der Waals surface area contributed by atoms with Crippen molar-refractivity contribution >= 4 is 11.6 Å². The van der Waals surface area contributed by atoms with Crippen molar-refractivity contribution < 1.29 is 4.79 Å². The molecule has 5 nitrogen and oxygen atoms in total. The largest absolute Gasteiger partial charge is 0.381 e. The standard InChI is InChI=1S/C16H18N4O/c1-11-13(8-15(9-17)20(11)3)10-19-14-6-4-5-12(7-14)16(21)18-2/h4-8,19H,10H2,1-3H3,(H,18,21). The summed E-state index contributed by atoms with van der Waals surface area (Å²) in [6.45, 7) is 2.59. The van der Waals surface area contributed by atoms with Crippen LogP contribution in [0.4, 0.5) is 5.69 Å². The molecule has 0 saturated heterocycles. The molecule has 1 aromatic heterocycles. The Hall–Kier alpha value is -2.74. The Labute approximate surface area is 124 Å². The molecule has 1 aromatic carbocycles. The number of aromatic nitrogens is 1. The van der Waals surface area contributed by atoms with Crippen LogP contribution in [0, 0.1) is 18.3 Å². The summed E-state index contributed by atoms with van der Waals surface area (Å²) in [5, 5.41) is 14.9. The molecule has 1 amide bonds. The summed E-state index contributed by atoms with van der Waals surface area (Å²) in [4.78, 5) is 11.6. The number of hydrogen-bond acceptors (Lipinski definition) is 3. The van der Waals surface area contributed by atoms with Crippen LogP contribution in [0.25, 0.3) is 0 Å². The number of rotatable bonds is 4. The molecule has 0 aliphatic heterocycles. The maximum absolute atomic E-state index is 11.6. The van der Waals surface area contributed by atoms with Crippen LogP contribution in [0.1, 0.15) is 27.3 Å². The van der Waals surface area contributed by atoms with Crippen LogP contribution >= 0.6 is 0 Å². The van der Waals surface area contributed by atoms with Crippen molar-refractivity contribution in [1.29, 1.82) is 5.26 Å². The van der Waals surface area contributed by atoms with E-state index < -0.39 is 0 Å². The van der Waals surface area contributed by atoms with Gasteiger partial charge in [-0.3, -0.25) is 4.79 Å². The first-order chi connectivity index (χ1) is 10.1. The summed E-state index contributed by atoms with van der Waals surface area (Å²) in [6, 6.07) is 11.4. The van der Waals surface area contributed by atoms with Crippen molar-refractivity contribution in [2.24, 2.45) is 7.05 Å². The molecule has 2 aromatic rings. The van der Waals surface area contributed by atoms with Gasteiger partial charge in [0.05, 0.1) is 0 Å². The van der Waals surface area contributed by atoms with Gasteiger partial charge < -0.3 is 15.2 Å². The van der Waals surface area contributed by atoms with Crippen molar-refractivity contribution in [3.63, 3.8) is 0 Å². The number of anilines is 1. The van der Waals surface area contributed by atoms with Gasteiger partial charge in [0.2, 0.25) is 0 Å². The molecular weight excluding hydrogens is 264 g/mol. The van der Waals surface area contributed by atoms with Gasteiger partial charge in [-0.1, -0.05) is 6.07 Å². The van der Waals surface area contributed by atoms with Gasteiger partial charge >= 0.3 is 0 Å². The fourth-order valence-electron chi connectivity index (χ4n) is 2.16. The van der Waals surface area contributed by atoms with Crippen molar-refractivity contribution in [1.82, 2.24) is 9.88 Å². The van der Waals surface area contributed by atoms with E-state index in [-0.39, 0.29) is 5.91 Å². The fourth-order valence-corrected chi connectivity index (χ4v) is 2.16. The van der Waals surface area contributed by atoms with Gasteiger partial charge in [0.25, 0.3) is 5.91 Å². The predicted octanol–water partition coefficient (Wildman–Crippen LogP) is 2.18. The second kappa shape index (κ2) is 6.14. The number of amides is 1. The number of hydrogen-bond donors (Lipinski definition) is 2. The first kappa shape index (κ1) is 14.7. The molecule has 0 bridgehead atoms. The lowest BCUT2D eigenvalue weighted by atomic mass is 10.1. The van der Waals surface area contributed by atoms with Gasteiger partial charge in [0, 0.05) is 37.6 Å². The second-order valence-electron chi connectivity index (χ2n) is 4.82. The highest BCUT2D eigenvalue weighted by molar-refractivity contribution is 5.94. The van der Waals surface area contributed by atoms with Crippen LogP contribution in [0.3, 0.4) is 0 Å². The normalized spacial score (nSPS) is 10.0. The molecule has 0 saturated carbocycles. The van der Waals surface area contributed by atoms with E-state index in [1.165, 1.54) is 0 Å². The van der Waals surface area contributed by atoms with Crippen LogP contribution in [0.2, 0.25) is 0 Å². The zero-order valence-corrected chi connectivity index (χ0v) is 12.4. The minimum atomic E-state index is -0.110. The van der Waals surface area contributed by atoms with Gasteiger partial charge in [-0.05, 0) is 36.8 Å². The number of benzene rings is 1. The molecular formula is C16H18N4O. The maximum atomic E-state index is 11.6. The topological polar surface area (TPSA) is 69.8 Å². The molecule has 0 aliphatic rings. The van der Waals surface area contributed by atoms with Crippen LogP contribution < -0.4 is 10.6 Å². The van der Waals surface area contributed by atoms with Gasteiger partial charge in [-0.2, -0.15) is 5.26 Å². The van der Waals surface area contributed by atoms with Crippen molar-refractivity contribution in [3.05, 3.63) is 52.8 Å². The summed E-state index contributed by atoms with van der Waals surface area (Å²) in [5.41, 5.74) is 4.26. The van der Waals surface area contributed by atoms with Crippen molar-refractivity contribution in [2.75, 3.05) is 12.4 Å². The lowest BCUT2D eigenvalue weighted by molar-refractivity contribution is 0.0963. The van der Waals surface area contributed by atoms with E-state index in [0.717, 1.165) is 16.9 Å². The van der Waals surface area contributed by atoms with Crippen molar-refractivity contribution in [3.8, 4) is 6.07 Å². The highest BCUT2D eigenvalue weighted by atomic mass is 16.1. The molecule has 0 spiro atoms. The molecule has 0 atom stereocenters. The van der Waals surface area contributed by atoms with E-state index >= 15 is 0 Å². The first-order valence-corrected chi connectivity index (χ1v) is 6.68. The summed E-state index contributed by atoms with van der Waals surface area (Å²) < 4.78 is 1.87. The first-order valence-electron chi connectivity index (χ1n) is 6.68. The maximum Gasteiger partial charge on any atom is 0.251 e. The minimum absolute atomic E-state index is 0.110. The third kappa shape index (κ3) is 3.06. The number of carbonyl (C=O) groups excluding carboxylic acids is 1. The number of nitriles is 1. The van der Waals surface area contributed by atoms with Crippen molar-refractivity contribution in [2.45, 2.75) is 13.5 Å². The zero-order valence-electron chi connectivity index (χ0n) is 12.4. The fraction of sp³-hybridized carbons (Fsp3) is 0.250. The highest BCUT2D eigenvalue weighted by Crippen LogP contribution is 2.16. The van der Waals surface area contributed by atoms with Crippen LogP contribution in [-0.4, -0.2) is 17.5 Å². The third-order valence-corrected chi connectivity index (χ3v) is 3.59.